The van der Waals surface area contributed by atoms with Crippen molar-refractivity contribution >= 4 is 49.4 Å². The lowest BCUT2D eigenvalue weighted by Crippen LogP contribution is -2.36. The molecule has 0 bridgehead atoms. The van der Waals surface area contributed by atoms with Gasteiger partial charge in [0.2, 0.25) is 5.78 Å². The van der Waals surface area contributed by atoms with Gasteiger partial charge in [-0.3, -0.25) is 9.10 Å². The number of Topliss-reactive ketones (excluding diaryl/α,β-unsaturated/α-hetero) is 1. The van der Waals surface area contributed by atoms with Gasteiger partial charge in [-0.25, -0.2) is 8.42 Å². The molecule has 0 spiro atoms. The fraction of sp³-hybridized carbons (Fsp3) is 0.188. The molecule has 0 saturated heterocycles. The summed E-state index contributed by atoms with van der Waals surface area (Å²) in [6, 6.07) is 6.91. The van der Waals surface area contributed by atoms with E-state index < -0.39 is 15.8 Å². The third kappa shape index (κ3) is 2.53. The van der Waals surface area contributed by atoms with Crippen molar-refractivity contribution in [2.24, 2.45) is 0 Å². The molecule has 1 aromatic heterocycles. The van der Waals surface area contributed by atoms with Crippen LogP contribution in [0.15, 0.2) is 35.4 Å². The maximum Gasteiger partial charge on any atom is 0.270 e. The first-order valence-electron chi connectivity index (χ1n) is 7.10. The number of carbonyl (C=O) groups is 1. The second-order valence-corrected chi connectivity index (χ2v) is 8.95. The highest BCUT2D eigenvalue weighted by molar-refractivity contribution is 7.98. The van der Waals surface area contributed by atoms with Gasteiger partial charge >= 0.3 is 0 Å². The fourth-order valence-corrected chi connectivity index (χ4v) is 5.22. The van der Waals surface area contributed by atoms with Crippen molar-refractivity contribution in [3.8, 4) is 0 Å². The second kappa shape index (κ2) is 5.91. The van der Waals surface area contributed by atoms with Crippen molar-refractivity contribution in [2.45, 2.75) is 13.8 Å². The highest BCUT2D eigenvalue weighted by Gasteiger charge is 2.41. The molecular formula is C16H15ClN2O3S2. The monoisotopic (exact) mass is 382 g/mol. The summed E-state index contributed by atoms with van der Waals surface area (Å²) in [6.07, 6.45) is 1.21. The molecule has 1 aliphatic rings. The SMILES string of the molecule is Cc1sc2c(c1C)C(=O)/C(=C/Nc1ccccc1Cl)S(=O)(=O)N2C. The Labute approximate surface area is 149 Å². The molecule has 1 N–H and O–H groups in total. The van der Waals surface area contributed by atoms with E-state index in [9.17, 15) is 13.2 Å². The number of hydrogen-bond acceptors (Lipinski definition) is 5. The average Bonchev–Trinajstić information content (AvgIpc) is 2.82. The summed E-state index contributed by atoms with van der Waals surface area (Å²) in [6.45, 7) is 3.70. The number of aryl methyl sites for hydroxylation is 1. The van der Waals surface area contributed by atoms with E-state index in [1.54, 1.807) is 24.3 Å². The Hall–Kier alpha value is -1.83. The van der Waals surface area contributed by atoms with Crippen LogP contribution in [0.3, 0.4) is 0 Å². The van der Waals surface area contributed by atoms with E-state index in [1.807, 2.05) is 13.8 Å². The number of thiophene rings is 1. The van der Waals surface area contributed by atoms with Gasteiger partial charge in [0.1, 0.15) is 5.00 Å². The van der Waals surface area contributed by atoms with Crippen molar-refractivity contribution < 1.29 is 13.2 Å². The van der Waals surface area contributed by atoms with Gasteiger partial charge in [-0.2, -0.15) is 0 Å². The molecule has 2 heterocycles. The van der Waals surface area contributed by atoms with Crippen LogP contribution in [-0.4, -0.2) is 21.2 Å². The maximum absolute atomic E-state index is 12.8. The molecule has 5 nitrogen and oxygen atoms in total. The number of benzene rings is 1. The number of halogens is 1. The van der Waals surface area contributed by atoms with E-state index in [2.05, 4.69) is 5.32 Å². The quantitative estimate of drug-likeness (QED) is 0.799. The molecule has 1 aliphatic heterocycles. The number of rotatable bonds is 2. The van der Waals surface area contributed by atoms with E-state index >= 15 is 0 Å². The van der Waals surface area contributed by atoms with Crippen molar-refractivity contribution in [1.82, 2.24) is 0 Å². The number of nitrogens with one attached hydrogen (secondary N) is 1. The van der Waals surface area contributed by atoms with Crippen LogP contribution in [-0.2, 0) is 10.0 Å². The van der Waals surface area contributed by atoms with Gasteiger partial charge in [0, 0.05) is 18.1 Å². The summed E-state index contributed by atoms with van der Waals surface area (Å²) in [5, 5.41) is 3.73. The van der Waals surface area contributed by atoms with Gasteiger partial charge < -0.3 is 5.32 Å². The first-order chi connectivity index (χ1) is 11.2. The summed E-state index contributed by atoms with van der Waals surface area (Å²) in [7, 11) is -2.44. The first-order valence-corrected chi connectivity index (χ1v) is 9.73. The van der Waals surface area contributed by atoms with E-state index in [-0.39, 0.29) is 4.91 Å². The summed E-state index contributed by atoms with van der Waals surface area (Å²) in [5.41, 5.74) is 1.79. The number of nitrogens with zero attached hydrogens (tertiary/aromatic N) is 1. The Morgan fingerprint density at radius 1 is 1.25 bits per heavy atom. The van der Waals surface area contributed by atoms with E-state index in [4.69, 9.17) is 11.6 Å². The zero-order valence-electron chi connectivity index (χ0n) is 13.3. The third-order valence-corrected chi connectivity index (χ3v) is 7.47. The molecule has 3 rings (SSSR count). The van der Waals surface area contributed by atoms with Crippen LogP contribution in [0, 0.1) is 13.8 Å². The first kappa shape index (κ1) is 17.0. The largest absolute Gasteiger partial charge is 0.359 e. The molecule has 0 unspecified atom stereocenters. The fourth-order valence-electron chi connectivity index (χ4n) is 2.46. The van der Waals surface area contributed by atoms with Crippen LogP contribution in [0.4, 0.5) is 10.7 Å². The maximum atomic E-state index is 12.8. The summed E-state index contributed by atoms with van der Waals surface area (Å²) in [5.74, 6) is -0.496. The van der Waals surface area contributed by atoms with E-state index in [1.165, 1.54) is 24.6 Å². The van der Waals surface area contributed by atoms with Gasteiger partial charge in [-0.05, 0) is 31.5 Å². The number of hydrogen-bond donors (Lipinski definition) is 1. The Kier molecular flexibility index (Phi) is 4.19. The minimum absolute atomic E-state index is 0.293. The molecule has 24 heavy (non-hydrogen) atoms. The third-order valence-electron chi connectivity index (χ3n) is 3.97. The van der Waals surface area contributed by atoms with Crippen LogP contribution in [0.2, 0.25) is 5.02 Å². The van der Waals surface area contributed by atoms with Crippen LogP contribution in [0.25, 0.3) is 0 Å². The van der Waals surface area contributed by atoms with Gasteiger partial charge in [-0.15, -0.1) is 11.3 Å². The Bertz CT molecular complexity index is 977. The summed E-state index contributed by atoms with van der Waals surface area (Å²) in [4.78, 5) is 13.4. The molecule has 126 valence electrons. The predicted molar refractivity (Wildman–Crippen MR) is 98.6 cm³/mol. The summed E-state index contributed by atoms with van der Waals surface area (Å²) < 4.78 is 26.5. The van der Waals surface area contributed by atoms with Crippen LogP contribution in [0.5, 0.6) is 0 Å². The molecule has 1 aromatic carbocycles. The number of allylic oxidation sites excluding steroid dienone is 1. The molecule has 2 aromatic rings. The molecule has 8 heteroatoms. The molecule has 0 atom stereocenters. The topological polar surface area (TPSA) is 66.5 Å². The number of carbonyl (C=O) groups excluding carboxylic acids is 1. The van der Waals surface area contributed by atoms with E-state index in [0.717, 1.165) is 14.7 Å². The molecule has 0 saturated carbocycles. The van der Waals surface area contributed by atoms with Crippen molar-refractivity contribution in [1.29, 1.82) is 0 Å². The van der Waals surface area contributed by atoms with Gasteiger partial charge in [0.15, 0.2) is 4.91 Å². The number of anilines is 2. The zero-order valence-corrected chi connectivity index (χ0v) is 15.6. The van der Waals surface area contributed by atoms with E-state index in [0.29, 0.717) is 21.3 Å². The van der Waals surface area contributed by atoms with Crippen molar-refractivity contribution in [2.75, 3.05) is 16.7 Å². The number of para-hydroxylation sites is 1. The molecule has 0 fully saturated rings. The minimum atomic E-state index is -3.90. The zero-order chi connectivity index (χ0) is 17.6. The normalized spacial score (nSPS) is 17.9. The Morgan fingerprint density at radius 3 is 2.58 bits per heavy atom. The molecule has 0 amide bonds. The Morgan fingerprint density at radius 2 is 1.92 bits per heavy atom. The summed E-state index contributed by atoms with van der Waals surface area (Å²) >= 11 is 7.36. The van der Waals surface area contributed by atoms with Crippen LogP contribution < -0.4 is 9.62 Å². The highest BCUT2D eigenvalue weighted by Crippen LogP contribution is 2.42. The number of sulfonamides is 1. The smallest absolute Gasteiger partial charge is 0.270 e. The standard InChI is InChI=1S/C16H15ClN2O3S2/c1-9-10(2)23-16-14(9)15(20)13(24(21,22)19(16)3)8-18-12-7-5-4-6-11(12)17/h4-8,18H,1-3H3/b13-8-. The lowest BCUT2D eigenvalue weighted by atomic mass is 10.1. The lowest BCUT2D eigenvalue weighted by Gasteiger charge is -2.25. The second-order valence-electron chi connectivity index (χ2n) is 5.40. The Balaban J connectivity index is 2.11. The predicted octanol–water partition coefficient (Wildman–Crippen LogP) is 3.93. The number of ketones is 1. The van der Waals surface area contributed by atoms with Crippen molar-refractivity contribution in [3.63, 3.8) is 0 Å². The van der Waals surface area contributed by atoms with Gasteiger partial charge in [0.25, 0.3) is 10.0 Å². The minimum Gasteiger partial charge on any atom is -0.359 e. The van der Waals surface area contributed by atoms with Gasteiger partial charge in [-0.1, -0.05) is 23.7 Å². The molecule has 0 radical (unpaired) electrons. The van der Waals surface area contributed by atoms with Gasteiger partial charge in [0.05, 0.1) is 16.3 Å². The lowest BCUT2D eigenvalue weighted by molar-refractivity contribution is 0.104. The van der Waals surface area contributed by atoms with Crippen LogP contribution in [0.1, 0.15) is 20.8 Å². The van der Waals surface area contributed by atoms with Crippen LogP contribution >= 0.6 is 22.9 Å². The molecular weight excluding hydrogens is 368 g/mol. The average molecular weight is 383 g/mol. The van der Waals surface area contributed by atoms with Crippen molar-refractivity contribution in [3.05, 3.63) is 56.4 Å². The molecule has 0 aliphatic carbocycles. The number of fused-ring (bicyclic) bond motifs is 1. The highest BCUT2D eigenvalue weighted by atomic mass is 35.5.